The Morgan fingerprint density at radius 1 is 1.32 bits per heavy atom. The zero-order valence-electron chi connectivity index (χ0n) is 14.4. The second-order valence-corrected chi connectivity index (χ2v) is 6.55. The van der Waals surface area contributed by atoms with Crippen molar-refractivity contribution in [3.8, 4) is 0 Å². The van der Waals surface area contributed by atoms with E-state index in [1.807, 2.05) is 49.2 Å². The number of ketones is 1. The summed E-state index contributed by atoms with van der Waals surface area (Å²) in [5.41, 5.74) is 5.67. The van der Waals surface area contributed by atoms with Crippen LogP contribution in [0.1, 0.15) is 47.8 Å². The van der Waals surface area contributed by atoms with Crippen LogP contribution < -0.4 is 17.0 Å². The maximum Gasteiger partial charge on any atom is 0.330 e. The Bertz CT molecular complexity index is 897. The van der Waals surface area contributed by atoms with Crippen molar-refractivity contribution >= 4 is 11.6 Å². The molecule has 3 rings (SSSR count). The van der Waals surface area contributed by atoms with Crippen LogP contribution >= 0.6 is 0 Å². The van der Waals surface area contributed by atoms with Gasteiger partial charge in [-0.15, -0.1) is 0 Å². The van der Waals surface area contributed by atoms with E-state index in [4.69, 9.17) is 5.73 Å². The first-order valence-electron chi connectivity index (χ1n) is 8.32. The topological polar surface area (TPSA) is 101 Å². The first kappa shape index (κ1) is 17.2. The van der Waals surface area contributed by atoms with E-state index < -0.39 is 17.0 Å². The largest absolute Gasteiger partial charge is 0.384 e. The van der Waals surface area contributed by atoms with Gasteiger partial charge >= 0.3 is 5.69 Å². The maximum absolute atomic E-state index is 12.7. The average molecular weight is 342 g/mol. The lowest BCUT2D eigenvalue weighted by Gasteiger charge is -2.24. The second kappa shape index (κ2) is 6.68. The summed E-state index contributed by atoms with van der Waals surface area (Å²) in [5, 5.41) is 0. The van der Waals surface area contributed by atoms with E-state index in [2.05, 4.69) is 4.98 Å². The molecule has 1 saturated carbocycles. The van der Waals surface area contributed by atoms with Gasteiger partial charge in [-0.2, -0.15) is 0 Å². The fraction of sp³-hybridized carbons (Fsp3) is 0.389. The molecule has 132 valence electrons. The van der Waals surface area contributed by atoms with Crippen molar-refractivity contribution in [2.24, 2.45) is 0 Å². The summed E-state index contributed by atoms with van der Waals surface area (Å²) in [7, 11) is 1.82. The van der Waals surface area contributed by atoms with Gasteiger partial charge in [-0.3, -0.25) is 24.0 Å². The van der Waals surface area contributed by atoms with Crippen molar-refractivity contribution in [2.45, 2.75) is 31.8 Å². The number of hydrogen-bond donors (Lipinski definition) is 2. The van der Waals surface area contributed by atoms with Crippen molar-refractivity contribution in [1.29, 1.82) is 0 Å². The molecule has 0 radical (unpaired) electrons. The number of benzene rings is 1. The SMILES string of the molecule is C[C@@H](c1ccccc1)N(C)CC(=O)c1c(N)n(C2CC2)c(=O)[nH]c1=O. The Kier molecular flexibility index (Phi) is 4.59. The summed E-state index contributed by atoms with van der Waals surface area (Å²) in [6.45, 7) is 2.02. The molecule has 1 aromatic carbocycles. The number of rotatable bonds is 6. The summed E-state index contributed by atoms with van der Waals surface area (Å²) in [6.07, 6.45) is 1.66. The van der Waals surface area contributed by atoms with Crippen molar-refractivity contribution in [3.63, 3.8) is 0 Å². The minimum Gasteiger partial charge on any atom is -0.384 e. The number of anilines is 1. The fourth-order valence-electron chi connectivity index (χ4n) is 2.96. The molecule has 0 aliphatic heterocycles. The van der Waals surface area contributed by atoms with E-state index in [9.17, 15) is 14.4 Å². The molecule has 7 nitrogen and oxygen atoms in total. The lowest BCUT2D eigenvalue weighted by molar-refractivity contribution is 0.0923. The minimum atomic E-state index is -0.717. The van der Waals surface area contributed by atoms with Crippen LogP contribution in [0, 0.1) is 0 Å². The monoisotopic (exact) mass is 342 g/mol. The van der Waals surface area contributed by atoms with Crippen LogP contribution in [-0.2, 0) is 0 Å². The van der Waals surface area contributed by atoms with Gasteiger partial charge in [-0.25, -0.2) is 4.79 Å². The van der Waals surface area contributed by atoms with Gasteiger partial charge in [0.05, 0.1) is 6.54 Å². The van der Waals surface area contributed by atoms with E-state index in [1.165, 1.54) is 4.57 Å². The van der Waals surface area contributed by atoms with Gasteiger partial charge in [-0.1, -0.05) is 30.3 Å². The number of carbonyl (C=O) groups excluding carboxylic acids is 1. The van der Waals surface area contributed by atoms with Gasteiger partial charge in [-0.05, 0) is 32.4 Å². The number of Topliss-reactive ketones (excluding diaryl/α,β-unsaturated/α-hetero) is 1. The van der Waals surface area contributed by atoms with Crippen molar-refractivity contribution in [3.05, 3.63) is 62.3 Å². The molecule has 1 aliphatic carbocycles. The summed E-state index contributed by atoms with van der Waals surface area (Å²) >= 11 is 0. The molecule has 1 heterocycles. The predicted octanol–water partition coefficient (Wildman–Crippen LogP) is 1.33. The zero-order valence-corrected chi connectivity index (χ0v) is 14.4. The number of H-pyrrole nitrogens is 1. The van der Waals surface area contributed by atoms with E-state index in [0.29, 0.717) is 0 Å². The molecule has 1 atom stereocenters. The highest BCUT2D eigenvalue weighted by molar-refractivity contribution is 6.01. The third-order valence-corrected chi connectivity index (χ3v) is 4.71. The predicted molar refractivity (Wildman–Crippen MR) is 95.8 cm³/mol. The third-order valence-electron chi connectivity index (χ3n) is 4.71. The number of aromatic amines is 1. The van der Waals surface area contributed by atoms with Crippen LogP contribution in [0.15, 0.2) is 39.9 Å². The Labute approximate surface area is 145 Å². The molecule has 0 amide bonds. The lowest BCUT2D eigenvalue weighted by Crippen LogP contribution is -2.38. The highest BCUT2D eigenvalue weighted by Gasteiger charge is 2.30. The number of nitrogens with zero attached hydrogens (tertiary/aromatic N) is 2. The molecule has 25 heavy (non-hydrogen) atoms. The summed E-state index contributed by atoms with van der Waals surface area (Å²) in [5.74, 6) is -0.416. The van der Waals surface area contributed by atoms with Gasteiger partial charge in [0, 0.05) is 12.1 Å². The maximum atomic E-state index is 12.7. The van der Waals surface area contributed by atoms with Gasteiger partial charge in [0.1, 0.15) is 11.4 Å². The minimum absolute atomic E-state index is 0.000191. The quantitative estimate of drug-likeness (QED) is 0.771. The number of nitrogens with one attached hydrogen (secondary N) is 1. The van der Waals surface area contributed by atoms with Crippen LogP contribution in [0.25, 0.3) is 0 Å². The molecular formula is C18H22N4O3. The summed E-state index contributed by atoms with van der Waals surface area (Å²) in [4.78, 5) is 40.8. The van der Waals surface area contributed by atoms with Crippen LogP contribution in [0.2, 0.25) is 0 Å². The Balaban J connectivity index is 1.85. The van der Waals surface area contributed by atoms with Gasteiger partial charge in [0.2, 0.25) is 0 Å². The highest BCUT2D eigenvalue weighted by atomic mass is 16.2. The van der Waals surface area contributed by atoms with Crippen LogP contribution in [0.3, 0.4) is 0 Å². The molecule has 0 unspecified atom stereocenters. The van der Waals surface area contributed by atoms with E-state index in [-0.39, 0.29) is 30.0 Å². The third kappa shape index (κ3) is 3.41. The number of nitrogens with two attached hydrogens (primary N) is 1. The number of nitrogen functional groups attached to an aromatic ring is 1. The molecule has 3 N–H and O–H groups in total. The zero-order chi connectivity index (χ0) is 18.1. The van der Waals surface area contributed by atoms with Crippen LogP contribution in [-0.4, -0.2) is 33.8 Å². The van der Waals surface area contributed by atoms with Crippen molar-refractivity contribution < 1.29 is 4.79 Å². The molecule has 0 bridgehead atoms. The fourth-order valence-corrected chi connectivity index (χ4v) is 2.96. The second-order valence-electron chi connectivity index (χ2n) is 6.55. The molecule has 1 aromatic heterocycles. The average Bonchev–Trinajstić information content (AvgIpc) is 3.39. The molecule has 0 spiro atoms. The number of hydrogen-bond acceptors (Lipinski definition) is 5. The van der Waals surface area contributed by atoms with Crippen molar-refractivity contribution in [1.82, 2.24) is 14.5 Å². The Hall–Kier alpha value is -2.67. The van der Waals surface area contributed by atoms with Crippen LogP contribution in [0.5, 0.6) is 0 Å². The van der Waals surface area contributed by atoms with Crippen molar-refractivity contribution in [2.75, 3.05) is 19.3 Å². The number of aromatic nitrogens is 2. The molecule has 7 heteroatoms. The van der Waals surface area contributed by atoms with E-state index in [0.717, 1.165) is 18.4 Å². The standard InChI is InChI=1S/C18H22N4O3/c1-11(12-6-4-3-5-7-12)21(2)10-14(23)15-16(19)22(13-8-9-13)18(25)20-17(15)24/h3-7,11,13H,8-10,19H2,1-2H3,(H,20,24,25)/t11-/m0/s1. The van der Waals surface area contributed by atoms with E-state index in [1.54, 1.807) is 0 Å². The summed E-state index contributed by atoms with van der Waals surface area (Å²) in [6, 6.07) is 9.77. The summed E-state index contributed by atoms with van der Waals surface area (Å²) < 4.78 is 1.33. The Morgan fingerprint density at radius 3 is 2.56 bits per heavy atom. The van der Waals surface area contributed by atoms with Gasteiger partial charge < -0.3 is 5.73 Å². The molecule has 2 aromatic rings. The molecule has 1 fully saturated rings. The molecular weight excluding hydrogens is 320 g/mol. The lowest BCUT2D eigenvalue weighted by atomic mass is 10.1. The highest BCUT2D eigenvalue weighted by Crippen LogP contribution is 2.35. The normalized spacial score (nSPS) is 15.3. The van der Waals surface area contributed by atoms with E-state index >= 15 is 0 Å². The first-order chi connectivity index (χ1) is 11.9. The number of likely N-dealkylation sites (N-methyl/N-ethyl adjacent to an activating group) is 1. The Morgan fingerprint density at radius 2 is 1.96 bits per heavy atom. The van der Waals surface area contributed by atoms with Crippen LogP contribution in [0.4, 0.5) is 5.82 Å². The molecule has 0 saturated heterocycles. The van der Waals surface area contributed by atoms with Gasteiger partial charge in [0.25, 0.3) is 5.56 Å². The smallest absolute Gasteiger partial charge is 0.330 e. The first-order valence-corrected chi connectivity index (χ1v) is 8.32. The molecule has 1 aliphatic rings. The number of carbonyl (C=O) groups is 1. The van der Waals surface area contributed by atoms with Gasteiger partial charge in [0.15, 0.2) is 5.78 Å².